The number of rotatable bonds is 2. The highest BCUT2D eigenvalue weighted by Crippen LogP contribution is 2.21. The van der Waals surface area contributed by atoms with Crippen molar-refractivity contribution in [2.45, 2.75) is 12.8 Å². The number of ether oxygens (including phenoxy) is 1. The van der Waals surface area contributed by atoms with Gasteiger partial charge in [0.25, 0.3) is 5.91 Å². The van der Waals surface area contributed by atoms with E-state index in [0.717, 1.165) is 0 Å². The van der Waals surface area contributed by atoms with Gasteiger partial charge in [-0.05, 0) is 31.0 Å². The molecule has 0 atom stereocenters. The number of likely N-dealkylation sites (tertiary alicyclic amines) is 1. The van der Waals surface area contributed by atoms with E-state index in [2.05, 4.69) is 4.74 Å². The Balaban J connectivity index is 2.05. The van der Waals surface area contributed by atoms with Crippen LogP contribution >= 0.6 is 0 Å². The van der Waals surface area contributed by atoms with Crippen LogP contribution in [0.25, 0.3) is 0 Å². The van der Waals surface area contributed by atoms with Gasteiger partial charge in [-0.3, -0.25) is 9.59 Å². The van der Waals surface area contributed by atoms with Crippen LogP contribution in [0.1, 0.15) is 23.2 Å². The van der Waals surface area contributed by atoms with Gasteiger partial charge in [0.1, 0.15) is 5.82 Å². The lowest BCUT2D eigenvalue weighted by Crippen LogP contribution is -2.40. The van der Waals surface area contributed by atoms with Crippen LogP contribution in [-0.4, -0.2) is 37.0 Å². The minimum absolute atomic E-state index is 0.0264. The molecule has 0 saturated carbocycles. The Kier molecular flexibility index (Phi) is 4.22. The summed E-state index contributed by atoms with van der Waals surface area (Å²) in [5.41, 5.74) is 5.90. The summed E-state index contributed by atoms with van der Waals surface area (Å²) >= 11 is 0. The van der Waals surface area contributed by atoms with Crippen molar-refractivity contribution in [2.24, 2.45) is 5.92 Å². The third-order valence-electron chi connectivity index (χ3n) is 3.54. The molecule has 108 valence electrons. The molecule has 1 aliphatic rings. The number of piperidine rings is 1. The molecule has 0 aliphatic carbocycles. The molecular weight excluding hydrogens is 263 g/mol. The van der Waals surface area contributed by atoms with Gasteiger partial charge in [-0.25, -0.2) is 4.39 Å². The van der Waals surface area contributed by atoms with E-state index in [4.69, 9.17) is 5.73 Å². The lowest BCUT2D eigenvalue weighted by Gasteiger charge is -2.30. The first-order valence-corrected chi connectivity index (χ1v) is 6.45. The average molecular weight is 280 g/mol. The predicted octanol–water partition coefficient (Wildman–Crippen LogP) is 1.43. The van der Waals surface area contributed by atoms with Crippen molar-refractivity contribution in [3.05, 3.63) is 29.6 Å². The van der Waals surface area contributed by atoms with Crippen LogP contribution in [0.3, 0.4) is 0 Å². The van der Waals surface area contributed by atoms with E-state index in [9.17, 15) is 14.0 Å². The fraction of sp³-hybridized carbons (Fsp3) is 0.429. The summed E-state index contributed by atoms with van der Waals surface area (Å²) in [4.78, 5) is 25.2. The molecule has 1 heterocycles. The monoisotopic (exact) mass is 280 g/mol. The number of amides is 1. The van der Waals surface area contributed by atoms with Gasteiger partial charge in [0.2, 0.25) is 0 Å². The number of anilines is 1. The Labute approximate surface area is 116 Å². The van der Waals surface area contributed by atoms with E-state index >= 15 is 0 Å². The fourth-order valence-corrected chi connectivity index (χ4v) is 2.36. The number of carbonyl (C=O) groups is 2. The second-order valence-electron chi connectivity index (χ2n) is 4.83. The minimum Gasteiger partial charge on any atom is -0.469 e. The van der Waals surface area contributed by atoms with Crippen LogP contribution in [0, 0.1) is 11.7 Å². The highest BCUT2D eigenvalue weighted by Gasteiger charge is 2.29. The van der Waals surface area contributed by atoms with Crippen LogP contribution in [0.2, 0.25) is 0 Å². The van der Waals surface area contributed by atoms with E-state index in [0.29, 0.717) is 31.6 Å². The molecule has 1 aromatic rings. The molecule has 6 heteroatoms. The summed E-state index contributed by atoms with van der Waals surface area (Å²) in [7, 11) is 1.35. The summed E-state index contributed by atoms with van der Waals surface area (Å²) in [6.45, 7) is 0.819. The lowest BCUT2D eigenvalue weighted by atomic mass is 9.96. The maximum atomic E-state index is 13.7. The molecule has 20 heavy (non-hydrogen) atoms. The highest BCUT2D eigenvalue weighted by atomic mass is 19.1. The molecule has 1 aliphatic heterocycles. The number of hydrogen-bond acceptors (Lipinski definition) is 4. The van der Waals surface area contributed by atoms with Crippen LogP contribution in [0.15, 0.2) is 18.2 Å². The quantitative estimate of drug-likeness (QED) is 0.657. The molecule has 1 saturated heterocycles. The molecule has 0 spiro atoms. The summed E-state index contributed by atoms with van der Waals surface area (Å²) in [5, 5.41) is 0. The highest BCUT2D eigenvalue weighted by molar-refractivity contribution is 5.95. The molecule has 1 fully saturated rings. The van der Waals surface area contributed by atoms with Crippen LogP contribution < -0.4 is 5.73 Å². The molecular formula is C14H17FN2O3. The van der Waals surface area contributed by atoms with Gasteiger partial charge < -0.3 is 15.4 Å². The number of nitrogens with two attached hydrogens (primary N) is 1. The maximum absolute atomic E-state index is 13.7. The molecule has 0 radical (unpaired) electrons. The van der Waals surface area contributed by atoms with Crippen LogP contribution in [0.5, 0.6) is 0 Å². The van der Waals surface area contributed by atoms with E-state index in [1.165, 1.54) is 30.2 Å². The zero-order valence-electron chi connectivity index (χ0n) is 11.3. The number of carbonyl (C=O) groups excluding carboxylic acids is 2. The fourth-order valence-electron chi connectivity index (χ4n) is 2.36. The van der Waals surface area contributed by atoms with Gasteiger partial charge in [-0.1, -0.05) is 0 Å². The average Bonchev–Trinajstić information content (AvgIpc) is 2.48. The predicted molar refractivity (Wildman–Crippen MR) is 71.5 cm³/mol. The molecule has 1 amide bonds. The van der Waals surface area contributed by atoms with E-state index < -0.39 is 11.7 Å². The Morgan fingerprint density at radius 3 is 2.60 bits per heavy atom. The summed E-state index contributed by atoms with van der Waals surface area (Å²) < 4.78 is 18.3. The van der Waals surface area contributed by atoms with Crippen LogP contribution in [-0.2, 0) is 9.53 Å². The van der Waals surface area contributed by atoms with E-state index in [1.807, 2.05) is 0 Å². The SMILES string of the molecule is COC(=O)C1CCN(C(=O)c2cc(N)ccc2F)CC1. The Bertz CT molecular complexity index is 525. The number of halogens is 1. The van der Waals surface area contributed by atoms with Crippen molar-refractivity contribution in [3.8, 4) is 0 Å². The first-order chi connectivity index (χ1) is 9.52. The zero-order chi connectivity index (χ0) is 14.7. The normalized spacial score (nSPS) is 16.0. The molecule has 5 nitrogen and oxygen atoms in total. The lowest BCUT2D eigenvalue weighted by molar-refractivity contribution is -0.146. The molecule has 2 rings (SSSR count). The standard InChI is InChI=1S/C14H17FN2O3/c1-20-14(19)9-4-6-17(7-5-9)13(18)11-8-10(16)2-3-12(11)15/h2-3,8-9H,4-7,16H2,1H3. The second kappa shape index (κ2) is 5.90. The van der Waals surface area contributed by atoms with Crippen molar-refractivity contribution in [3.63, 3.8) is 0 Å². The van der Waals surface area contributed by atoms with Crippen molar-refractivity contribution in [1.82, 2.24) is 4.90 Å². The van der Waals surface area contributed by atoms with Gasteiger partial charge in [0.05, 0.1) is 18.6 Å². The van der Waals surface area contributed by atoms with Crippen LogP contribution in [0.4, 0.5) is 10.1 Å². The van der Waals surface area contributed by atoms with Crippen molar-refractivity contribution < 1.29 is 18.7 Å². The summed E-state index contributed by atoms with van der Waals surface area (Å²) in [5.74, 6) is -1.42. The Hall–Kier alpha value is -2.11. The number of methoxy groups -OCH3 is 1. The zero-order valence-corrected chi connectivity index (χ0v) is 11.3. The summed E-state index contributed by atoms with van der Waals surface area (Å²) in [6.07, 6.45) is 1.06. The Morgan fingerprint density at radius 2 is 2.00 bits per heavy atom. The third-order valence-corrected chi connectivity index (χ3v) is 3.54. The topological polar surface area (TPSA) is 72.6 Å². The summed E-state index contributed by atoms with van der Waals surface area (Å²) in [6, 6.07) is 3.93. The molecule has 0 unspecified atom stereocenters. The van der Waals surface area contributed by atoms with E-state index in [-0.39, 0.29) is 17.5 Å². The van der Waals surface area contributed by atoms with Gasteiger partial charge in [0, 0.05) is 18.8 Å². The van der Waals surface area contributed by atoms with Gasteiger partial charge in [0.15, 0.2) is 0 Å². The largest absolute Gasteiger partial charge is 0.469 e. The minimum atomic E-state index is -0.584. The molecule has 0 bridgehead atoms. The van der Waals surface area contributed by atoms with Crippen molar-refractivity contribution in [2.75, 3.05) is 25.9 Å². The number of nitrogens with zero attached hydrogens (tertiary/aromatic N) is 1. The van der Waals surface area contributed by atoms with Gasteiger partial charge in [-0.2, -0.15) is 0 Å². The first-order valence-electron chi connectivity index (χ1n) is 6.45. The van der Waals surface area contributed by atoms with Crippen molar-refractivity contribution >= 4 is 17.6 Å². The smallest absolute Gasteiger partial charge is 0.308 e. The van der Waals surface area contributed by atoms with Crippen molar-refractivity contribution in [1.29, 1.82) is 0 Å². The number of nitrogen functional groups attached to an aromatic ring is 1. The van der Waals surface area contributed by atoms with Gasteiger partial charge in [-0.15, -0.1) is 0 Å². The number of hydrogen-bond donors (Lipinski definition) is 1. The number of esters is 1. The molecule has 0 aromatic heterocycles. The maximum Gasteiger partial charge on any atom is 0.308 e. The Morgan fingerprint density at radius 1 is 1.35 bits per heavy atom. The van der Waals surface area contributed by atoms with Gasteiger partial charge >= 0.3 is 5.97 Å². The van der Waals surface area contributed by atoms with E-state index in [1.54, 1.807) is 0 Å². The molecule has 1 aromatic carbocycles. The second-order valence-corrected chi connectivity index (χ2v) is 4.83. The third kappa shape index (κ3) is 2.89. The number of benzene rings is 1. The first kappa shape index (κ1) is 14.3. The molecule has 2 N–H and O–H groups in total.